The SMILES string of the molecule is CC1=CC[C@H]2C(=O)N(c3ccccc3C(=O)Nc3ccccc3)C(=O)[C@H]2C1. The van der Waals surface area contributed by atoms with E-state index in [4.69, 9.17) is 0 Å². The molecule has 1 aliphatic carbocycles. The summed E-state index contributed by atoms with van der Waals surface area (Å²) >= 11 is 0. The molecule has 0 saturated carbocycles. The van der Waals surface area contributed by atoms with E-state index in [2.05, 4.69) is 5.32 Å². The Balaban J connectivity index is 1.66. The van der Waals surface area contributed by atoms with Gasteiger partial charge in [0.05, 0.1) is 23.1 Å². The molecule has 0 radical (unpaired) electrons. The van der Waals surface area contributed by atoms with Gasteiger partial charge >= 0.3 is 0 Å². The van der Waals surface area contributed by atoms with Gasteiger partial charge in [-0.05, 0) is 44.0 Å². The van der Waals surface area contributed by atoms with Crippen molar-refractivity contribution in [3.8, 4) is 0 Å². The summed E-state index contributed by atoms with van der Waals surface area (Å²) in [6, 6.07) is 15.9. The number of carbonyl (C=O) groups excluding carboxylic acids is 3. The summed E-state index contributed by atoms with van der Waals surface area (Å²) in [5.41, 5.74) is 2.46. The van der Waals surface area contributed by atoms with Gasteiger partial charge in [0, 0.05) is 5.69 Å². The highest BCUT2D eigenvalue weighted by Crippen LogP contribution is 2.40. The second-order valence-electron chi connectivity index (χ2n) is 7.05. The largest absolute Gasteiger partial charge is 0.322 e. The van der Waals surface area contributed by atoms with Crippen molar-refractivity contribution in [3.05, 3.63) is 71.8 Å². The lowest BCUT2D eigenvalue weighted by Gasteiger charge is -2.19. The van der Waals surface area contributed by atoms with E-state index in [-0.39, 0.29) is 29.6 Å². The normalized spacial score (nSPS) is 21.7. The number of anilines is 2. The van der Waals surface area contributed by atoms with Crippen LogP contribution in [0.4, 0.5) is 11.4 Å². The van der Waals surface area contributed by atoms with Crippen LogP contribution >= 0.6 is 0 Å². The van der Waals surface area contributed by atoms with Crippen molar-refractivity contribution in [1.29, 1.82) is 0 Å². The number of rotatable bonds is 3. The summed E-state index contributed by atoms with van der Waals surface area (Å²) in [5.74, 6) is -1.42. The zero-order valence-electron chi connectivity index (χ0n) is 15.0. The fourth-order valence-electron chi connectivity index (χ4n) is 3.86. The van der Waals surface area contributed by atoms with Crippen molar-refractivity contribution in [2.75, 3.05) is 10.2 Å². The van der Waals surface area contributed by atoms with Crippen molar-refractivity contribution in [3.63, 3.8) is 0 Å². The Morgan fingerprint density at radius 1 is 0.963 bits per heavy atom. The van der Waals surface area contributed by atoms with E-state index < -0.39 is 0 Å². The molecule has 4 rings (SSSR count). The maximum atomic E-state index is 13.0. The van der Waals surface area contributed by atoms with E-state index in [1.54, 1.807) is 36.4 Å². The number of nitrogens with one attached hydrogen (secondary N) is 1. The average Bonchev–Trinajstić information content (AvgIpc) is 2.92. The first-order valence-electron chi connectivity index (χ1n) is 9.05. The summed E-state index contributed by atoms with van der Waals surface area (Å²) in [6.45, 7) is 1.98. The molecule has 1 saturated heterocycles. The zero-order valence-corrected chi connectivity index (χ0v) is 15.0. The number of hydrogen-bond acceptors (Lipinski definition) is 3. The number of nitrogens with zero attached hydrogens (tertiary/aromatic N) is 1. The summed E-state index contributed by atoms with van der Waals surface area (Å²) in [7, 11) is 0. The quantitative estimate of drug-likeness (QED) is 0.669. The molecule has 2 aromatic carbocycles. The maximum absolute atomic E-state index is 13.0. The molecule has 0 bridgehead atoms. The first-order chi connectivity index (χ1) is 13.1. The van der Waals surface area contributed by atoms with Crippen LogP contribution in [-0.4, -0.2) is 17.7 Å². The van der Waals surface area contributed by atoms with Gasteiger partial charge in [-0.15, -0.1) is 0 Å². The van der Waals surface area contributed by atoms with Crippen LogP contribution < -0.4 is 10.2 Å². The molecule has 3 amide bonds. The molecular weight excluding hydrogens is 340 g/mol. The molecule has 136 valence electrons. The van der Waals surface area contributed by atoms with Crippen LogP contribution in [-0.2, 0) is 9.59 Å². The topological polar surface area (TPSA) is 66.5 Å². The summed E-state index contributed by atoms with van der Waals surface area (Å²) in [5, 5.41) is 2.82. The number of para-hydroxylation sites is 2. The number of amides is 3. The van der Waals surface area contributed by atoms with Crippen molar-refractivity contribution in [2.45, 2.75) is 19.8 Å². The lowest BCUT2D eigenvalue weighted by molar-refractivity contribution is -0.122. The fourth-order valence-corrected chi connectivity index (χ4v) is 3.86. The second-order valence-corrected chi connectivity index (χ2v) is 7.05. The molecule has 2 aromatic rings. The smallest absolute Gasteiger partial charge is 0.257 e. The molecule has 0 unspecified atom stereocenters. The van der Waals surface area contributed by atoms with Crippen LogP contribution in [0.15, 0.2) is 66.2 Å². The standard InChI is InChI=1S/C22H20N2O3/c1-14-11-12-16-18(13-14)22(27)24(21(16)26)19-10-6-5-9-17(19)20(25)23-15-7-3-2-4-8-15/h2-11,16,18H,12-13H2,1H3,(H,23,25)/t16-,18+/m1/s1. The molecule has 0 spiro atoms. The predicted molar refractivity (Wildman–Crippen MR) is 103 cm³/mol. The van der Waals surface area contributed by atoms with Crippen molar-refractivity contribution in [2.24, 2.45) is 11.8 Å². The minimum atomic E-state index is -0.346. The molecule has 5 nitrogen and oxygen atoms in total. The molecule has 27 heavy (non-hydrogen) atoms. The van der Waals surface area contributed by atoms with Gasteiger partial charge in [0.15, 0.2) is 0 Å². The molecule has 5 heteroatoms. The van der Waals surface area contributed by atoms with Crippen molar-refractivity contribution >= 4 is 29.1 Å². The third-order valence-corrected chi connectivity index (χ3v) is 5.24. The van der Waals surface area contributed by atoms with Crippen molar-refractivity contribution < 1.29 is 14.4 Å². The van der Waals surface area contributed by atoms with E-state index in [1.807, 2.05) is 31.2 Å². The minimum Gasteiger partial charge on any atom is -0.322 e. The van der Waals surface area contributed by atoms with Gasteiger partial charge in [0.25, 0.3) is 5.91 Å². The number of benzene rings is 2. The van der Waals surface area contributed by atoms with Gasteiger partial charge in [0.2, 0.25) is 11.8 Å². The molecule has 0 aromatic heterocycles. The first kappa shape index (κ1) is 17.2. The Morgan fingerprint density at radius 3 is 2.41 bits per heavy atom. The van der Waals surface area contributed by atoms with E-state index >= 15 is 0 Å². The number of allylic oxidation sites excluding steroid dienone is 2. The van der Waals surface area contributed by atoms with E-state index in [0.717, 1.165) is 5.57 Å². The third kappa shape index (κ3) is 3.05. The predicted octanol–water partition coefficient (Wildman–Crippen LogP) is 3.78. The fraction of sp³-hybridized carbons (Fsp3) is 0.227. The van der Waals surface area contributed by atoms with Gasteiger partial charge in [-0.2, -0.15) is 0 Å². The Morgan fingerprint density at radius 2 is 1.63 bits per heavy atom. The Kier molecular flexibility index (Phi) is 4.36. The lowest BCUT2D eigenvalue weighted by Crippen LogP contribution is -2.33. The van der Waals surface area contributed by atoms with Crippen LogP contribution in [0.5, 0.6) is 0 Å². The van der Waals surface area contributed by atoms with Crippen molar-refractivity contribution in [1.82, 2.24) is 0 Å². The zero-order chi connectivity index (χ0) is 19.0. The van der Waals surface area contributed by atoms with Crippen LogP contribution in [0.1, 0.15) is 30.1 Å². The molecule has 1 heterocycles. The molecule has 2 atom stereocenters. The monoisotopic (exact) mass is 360 g/mol. The van der Waals surface area contributed by atoms with Gasteiger partial charge in [-0.1, -0.05) is 42.0 Å². The summed E-state index contributed by atoms with van der Waals surface area (Å²) in [4.78, 5) is 39.9. The number of imide groups is 1. The Bertz CT molecular complexity index is 949. The maximum Gasteiger partial charge on any atom is 0.257 e. The number of carbonyl (C=O) groups is 3. The Hall–Kier alpha value is -3.21. The van der Waals surface area contributed by atoms with Gasteiger partial charge in [-0.3, -0.25) is 14.4 Å². The number of fused-ring (bicyclic) bond motifs is 1. The molecule has 1 aliphatic heterocycles. The van der Waals surface area contributed by atoms with E-state index in [9.17, 15) is 14.4 Å². The van der Waals surface area contributed by atoms with Gasteiger partial charge in [0.1, 0.15) is 0 Å². The van der Waals surface area contributed by atoms with E-state index in [0.29, 0.717) is 29.8 Å². The van der Waals surface area contributed by atoms with E-state index in [1.165, 1.54) is 4.90 Å². The Labute approximate surface area is 157 Å². The highest BCUT2D eigenvalue weighted by molar-refractivity contribution is 6.25. The molecule has 1 N–H and O–H groups in total. The molecule has 1 fully saturated rings. The van der Waals surface area contributed by atoms with Gasteiger partial charge in [-0.25, -0.2) is 4.90 Å². The average molecular weight is 360 g/mol. The highest BCUT2D eigenvalue weighted by Gasteiger charge is 2.49. The summed E-state index contributed by atoms with van der Waals surface area (Å²) < 4.78 is 0. The third-order valence-electron chi connectivity index (χ3n) is 5.24. The van der Waals surface area contributed by atoms with Crippen LogP contribution in [0.2, 0.25) is 0 Å². The second kappa shape index (κ2) is 6.83. The molecule has 2 aliphatic rings. The molecular formula is C22H20N2O3. The number of hydrogen-bond donors (Lipinski definition) is 1. The van der Waals surface area contributed by atoms with Crippen LogP contribution in [0.3, 0.4) is 0 Å². The van der Waals surface area contributed by atoms with Crippen LogP contribution in [0, 0.1) is 11.8 Å². The lowest BCUT2D eigenvalue weighted by atomic mass is 9.82. The minimum absolute atomic E-state index is 0.211. The van der Waals surface area contributed by atoms with Crippen LogP contribution in [0.25, 0.3) is 0 Å². The van der Waals surface area contributed by atoms with Gasteiger partial charge < -0.3 is 5.32 Å². The summed E-state index contributed by atoms with van der Waals surface area (Å²) in [6.07, 6.45) is 3.21. The highest BCUT2D eigenvalue weighted by atomic mass is 16.2. The first-order valence-corrected chi connectivity index (χ1v) is 9.05.